The van der Waals surface area contributed by atoms with Crippen LogP contribution >= 0.6 is 0 Å². The minimum absolute atomic E-state index is 0.114. The van der Waals surface area contributed by atoms with Gasteiger partial charge in [0.1, 0.15) is 0 Å². The van der Waals surface area contributed by atoms with E-state index in [1.807, 2.05) is 0 Å². The number of carboxylic acids is 1. The first-order valence-electron chi connectivity index (χ1n) is 7.47. The Morgan fingerprint density at radius 3 is 2.55 bits per heavy atom. The highest BCUT2D eigenvalue weighted by Crippen LogP contribution is 2.19. The van der Waals surface area contributed by atoms with Crippen LogP contribution in [0.15, 0.2) is 0 Å². The molecule has 0 aliphatic carbocycles. The molecule has 6 nitrogen and oxygen atoms in total. The van der Waals surface area contributed by atoms with Gasteiger partial charge in [-0.15, -0.1) is 0 Å². The van der Waals surface area contributed by atoms with Crippen molar-refractivity contribution >= 4 is 12.0 Å². The normalized spacial score (nSPS) is 27.2. The van der Waals surface area contributed by atoms with Crippen LogP contribution in [0, 0.1) is 11.8 Å². The molecule has 0 radical (unpaired) electrons. The highest BCUT2D eigenvalue weighted by Gasteiger charge is 2.31. The van der Waals surface area contributed by atoms with Crippen LogP contribution in [0.3, 0.4) is 0 Å². The molecule has 0 aromatic heterocycles. The van der Waals surface area contributed by atoms with Gasteiger partial charge in [0, 0.05) is 32.2 Å². The predicted octanol–water partition coefficient (Wildman–Crippen LogP) is 0.833. The van der Waals surface area contributed by atoms with E-state index in [0.717, 1.165) is 19.5 Å². The van der Waals surface area contributed by atoms with Gasteiger partial charge >= 0.3 is 12.0 Å². The average Bonchev–Trinajstić information content (AvgIpc) is 3.05. The Morgan fingerprint density at radius 2 is 2.00 bits per heavy atom. The van der Waals surface area contributed by atoms with Gasteiger partial charge in [-0.25, -0.2) is 4.79 Å². The number of rotatable bonds is 4. The summed E-state index contributed by atoms with van der Waals surface area (Å²) in [5.41, 5.74) is 0. The lowest BCUT2D eigenvalue weighted by Crippen LogP contribution is -2.41. The largest absolute Gasteiger partial charge is 0.481 e. The summed E-state index contributed by atoms with van der Waals surface area (Å²) in [5, 5.41) is 11.9. The van der Waals surface area contributed by atoms with Gasteiger partial charge < -0.3 is 20.2 Å². The summed E-state index contributed by atoms with van der Waals surface area (Å²) in [7, 11) is 0. The molecular formula is C14H25N3O3. The lowest BCUT2D eigenvalue weighted by atomic mass is 10.1. The third-order valence-corrected chi connectivity index (χ3v) is 4.41. The Kier molecular flexibility index (Phi) is 4.86. The molecule has 20 heavy (non-hydrogen) atoms. The average molecular weight is 283 g/mol. The van der Waals surface area contributed by atoms with Crippen molar-refractivity contribution in [3.05, 3.63) is 0 Å². The quantitative estimate of drug-likeness (QED) is 0.801. The molecule has 2 atom stereocenters. The maximum Gasteiger partial charge on any atom is 0.317 e. The van der Waals surface area contributed by atoms with Crippen LogP contribution in [0.5, 0.6) is 0 Å². The molecule has 2 heterocycles. The smallest absolute Gasteiger partial charge is 0.317 e. The number of hydrogen-bond acceptors (Lipinski definition) is 3. The summed E-state index contributed by atoms with van der Waals surface area (Å²) in [4.78, 5) is 26.9. The second kappa shape index (κ2) is 6.43. The van der Waals surface area contributed by atoms with Gasteiger partial charge in [-0.1, -0.05) is 0 Å². The first-order valence-corrected chi connectivity index (χ1v) is 7.47. The van der Waals surface area contributed by atoms with Gasteiger partial charge in [0.05, 0.1) is 5.92 Å². The van der Waals surface area contributed by atoms with E-state index >= 15 is 0 Å². The molecule has 2 saturated heterocycles. The van der Waals surface area contributed by atoms with E-state index in [2.05, 4.69) is 24.1 Å². The van der Waals surface area contributed by atoms with E-state index in [-0.39, 0.29) is 6.03 Å². The second-order valence-electron chi connectivity index (χ2n) is 6.20. The zero-order valence-electron chi connectivity index (χ0n) is 12.3. The first-order chi connectivity index (χ1) is 9.47. The Morgan fingerprint density at radius 1 is 1.25 bits per heavy atom. The summed E-state index contributed by atoms with van der Waals surface area (Å²) in [6, 6.07) is 0.447. The molecule has 2 unspecified atom stereocenters. The van der Waals surface area contributed by atoms with Crippen LogP contribution in [0.2, 0.25) is 0 Å². The minimum Gasteiger partial charge on any atom is -0.481 e. The number of carbonyl (C=O) groups is 2. The van der Waals surface area contributed by atoms with Gasteiger partial charge in [0.15, 0.2) is 0 Å². The lowest BCUT2D eigenvalue weighted by Gasteiger charge is -2.21. The molecule has 2 aliphatic rings. The number of urea groups is 1. The summed E-state index contributed by atoms with van der Waals surface area (Å²) in [6.07, 6.45) is 1.68. The van der Waals surface area contributed by atoms with Crippen LogP contribution in [0.1, 0.15) is 26.7 Å². The fourth-order valence-corrected chi connectivity index (χ4v) is 2.99. The number of aliphatic carboxylic acids is 1. The Bertz CT molecular complexity index is 373. The van der Waals surface area contributed by atoms with Crippen molar-refractivity contribution in [2.24, 2.45) is 11.8 Å². The minimum atomic E-state index is -0.802. The lowest BCUT2D eigenvalue weighted by molar-refractivity contribution is -0.141. The highest BCUT2D eigenvalue weighted by atomic mass is 16.4. The van der Waals surface area contributed by atoms with Crippen molar-refractivity contribution in [2.75, 3.05) is 32.7 Å². The molecule has 2 N–H and O–H groups in total. The number of nitrogens with one attached hydrogen (secondary N) is 1. The molecule has 2 aliphatic heterocycles. The molecule has 2 rings (SSSR count). The highest BCUT2D eigenvalue weighted by molar-refractivity contribution is 5.77. The summed E-state index contributed by atoms with van der Waals surface area (Å²) in [5.74, 6) is -0.688. The van der Waals surface area contributed by atoms with Gasteiger partial charge in [0.25, 0.3) is 0 Å². The summed E-state index contributed by atoms with van der Waals surface area (Å²) in [6.45, 7) is 8.10. The van der Waals surface area contributed by atoms with Gasteiger partial charge in [-0.3, -0.25) is 4.79 Å². The molecule has 0 bridgehead atoms. The van der Waals surface area contributed by atoms with Crippen molar-refractivity contribution in [1.82, 2.24) is 15.1 Å². The number of likely N-dealkylation sites (tertiary alicyclic amines) is 2. The third kappa shape index (κ3) is 3.62. The maximum atomic E-state index is 12.0. The van der Waals surface area contributed by atoms with Crippen molar-refractivity contribution in [2.45, 2.75) is 32.7 Å². The van der Waals surface area contributed by atoms with Gasteiger partial charge in [0.2, 0.25) is 0 Å². The van der Waals surface area contributed by atoms with E-state index in [4.69, 9.17) is 5.11 Å². The fourth-order valence-electron chi connectivity index (χ4n) is 2.99. The summed E-state index contributed by atoms with van der Waals surface area (Å²) < 4.78 is 0. The van der Waals surface area contributed by atoms with Crippen LogP contribution < -0.4 is 5.32 Å². The van der Waals surface area contributed by atoms with Crippen LogP contribution in [-0.4, -0.2) is 65.7 Å². The standard InChI is InChI=1S/C14H25N3O3/c1-10(2)16-5-3-11(8-16)7-15-14(20)17-6-4-12(9-17)13(18)19/h10-12H,3-9H2,1-2H3,(H,15,20)(H,18,19). The van der Waals surface area contributed by atoms with Crippen molar-refractivity contribution in [1.29, 1.82) is 0 Å². The number of carbonyl (C=O) groups excluding carboxylic acids is 1. The molecule has 0 saturated carbocycles. The monoisotopic (exact) mass is 283 g/mol. The van der Waals surface area contributed by atoms with E-state index in [1.54, 1.807) is 4.90 Å². The molecule has 6 heteroatoms. The Balaban J connectivity index is 1.70. The molecule has 114 valence electrons. The third-order valence-electron chi connectivity index (χ3n) is 4.41. The first kappa shape index (κ1) is 15.1. The molecule has 0 aromatic carbocycles. The second-order valence-corrected chi connectivity index (χ2v) is 6.20. The molecule has 2 amide bonds. The maximum absolute atomic E-state index is 12.0. The Labute approximate surface area is 120 Å². The fraction of sp³-hybridized carbons (Fsp3) is 0.857. The molecular weight excluding hydrogens is 258 g/mol. The van der Waals surface area contributed by atoms with Crippen molar-refractivity contribution in [3.63, 3.8) is 0 Å². The van der Waals surface area contributed by atoms with Gasteiger partial charge in [-0.2, -0.15) is 0 Å². The molecule has 0 aromatic rings. The van der Waals surface area contributed by atoms with E-state index < -0.39 is 11.9 Å². The number of hydrogen-bond donors (Lipinski definition) is 2. The SMILES string of the molecule is CC(C)N1CCC(CNC(=O)N2CCC(C(=O)O)C2)C1. The number of carboxylic acid groups (broad SMARTS) is 1. The van der Waals surface area contributed by atoms with E-state index in [0.29, 0.717) is 38.0 Å². The zero-order valence-corrected chi connectivity index (χ0v) is 12.3. The van der Waals surface area contributed by atoms with Gasteiger partial charge in [-0.05, 0) is 39.2 Å². The molecule has 2 fully saturated rings. The van der Waals surface area contributed by atoms with Crippen LogP contribution in [0.4, 0.5) is 4.79 Å². The van der Waals surface area contributed by atoms with Crippen LogP contribution in [-0.2, 0) is 4.79 Å². The predicted molar refractivity (Wildman–Crippen MR) is 75.5 cm³/mol. The Hall–Kier alpha value is -1.30. The number of nitrogens with zero attached hydrogens (tertiary/aromatic N) is 2. The topological polar surface area (TPSA) is 72.9 Å². The number of amides is 2. The van der Waals surface area contributed by atoms with Crippen LogP contribution in [0.25, 0.3) is 0 Å². The van der Waals surface area contributed by atoms with E-state index in [9.17, 15) is 9.59 Å². The van der Waals surface area contributed by atoms with E-state index in [1.165, 1.54) is 0 Å². The van der Waals surface area contributed by atoms with Crippen molar-refractivity contribution in [3.8, 4) is 0 Å². The zero-order chi connectivity index (χ0) is 14.7. The van der Waals surface area contributed by atoms with Crippen molar-refractivity contribution < 1.29 is 14.7 Å². The molecule has 0 spiro atoms. The summed E-state index contributed by atoms with van der Waals surface area (Å²) >= 11 is 0.